The molecular weight excluding hydrogens is 258 g/mol. The van der Waals surface area contributed by atoms with E-state index in [1.165, 1.54) is 43.2 Å². The van der Waals surface area contributed by atoms with E-state index in [1.54, 1.807) is 0 Å². The van der Waals surface area contributed by atoms with Gasteiger partial charge in [0.25, 0.3) is 0 Å². The molecule has 0 amide bonds. The van der Waals surface area contributed by atoms with E-state index in [-0.39, 0.29) is 5.41 Å². The zero-order valence-corrected chi connectivity index (χ0v) is 13.7. The van der Waals surface area contributed by atoms with Crippen molar-refractivity contribution < 1.29 is 5.11 Å². The topological polar surface area (TPSA) is 32.3 Å². The molecule has 2 rings (SSSR count). The summed E-state index contributed by atoms with van der Waals surface area (Å²) < 4.78 is 0. The molecule has 1 aromatic rings. The molecule has 2 heteroatoms. The van der Waals surface area contributed by atoms with Crippen molar-refractivity contribution in [2.75, 3.05) is 13.2 Å². The molecule has 1 unspecified atom stereocenters. The molecular formula is C19H31NO. The van der Waals surface area contributed by atoms with Crippen LogP contribution < -0.4 is 5.32 Å². The van der Waals surface area contributed by atoms with Gasteiger partial charge >= 0.3 is 0 Å². The first-order valence-corrected chi connectivity index (χ1v) is 8.53. The van der Waals surface area contributed by atoms with Crippen LogP contribution in [-0.4, -0.2) is 24.3 Å². The fourth-order valence-electron chi connectivity index (χ4n) is 3.44. The lowest BCUT2D eigenvalue weighted by Crippen LogP contribution is -2.42. The van der Waals surface area contributed by atoms with Crippen molar-refractivity contribution in [1.82, 2.24) is 5.32 Å². The number of hydrogen-bond donors (Lipinski definition) is 2. The maximum atomic E-state index is 9.75. The fourth-order valence-corrected chi connectivity index (χ4v) is 3.44. The first-order chi connectivity index (χ1) is 10.1. The monoisotopic (exact) mass is 289 g/mol. The molecule has 1 aromatic carbocycles. The maximum Gasteiger partial charge on any atom is 0.0499 e. The molecule has 0 aromatic heterocycles. The molecule has 1 saturated carbocycles. The predicted molar refractivity (Wildman–Crippen MR) is 89.6 cm³/mol. The summed E-state index contributed by atoms with van der Waals surface area (Å²) in [6.07, 6.45) is 8.54. The second-order valence-corrected chi connectivity index (χ2v) is 7.03. The molecule has 1 atom stereocenters. The lowest BCUT2D eigenvalue weighted by Gasteiger charge is -2.36. The smallest absolute Gasteiger partial charge is 0.0499 e. The molecule has 0 spiro atoms. The number of aliphatic hydroxyl groups is 1. The summed E-state index contributed by atoms with van der Waals surface area (Å²) >= 11 is 0. The Labute approximate surface area is 130 Å². The van der Waals surface area contributed by atoms with Gasteiger partial charge in [-0.1, -0.05) is 49.1 Å². The highest BCUT2D eigenvalue weighted by molar-refractivity contribution is 5.22. The van der Waals surface area contributed by atoms with Gasteiger partial charge in [0.1, 0.15) is 0 Å². The van der Waals surface area contributed by atoms with Gasteiger partial charge in [-0.15, -0.1) is 0 Å². The Hall–Kier alpha value is -0.860. The van der Waals surface area contributed by atoms with E-state index in [4.69, 9.17) is 0 Å². The zero-order chi connectivity index (χ0) is 15.1. The van der Waals surface area contributed by atoms with E-state index in [1.807, 2.05) is 0 Å². The van der Waals surface area contributed by atoms with Gasteiger partial charge in [-0.2, -0.15) is 0 Å². The average molecular weight is 289 g/mol. The Bertz CT molecular complexity index is 423. The van der Waals surface area contributed by atoms with Crippen molar-refractivity contribution in [3.8, 4) is 0 Å². The number of hydrogen-bond acceptors (Lipinski definition) is 2. The van der Waals surface area contributed by atoms with Gasteiger partial charge in [0.15, 0.2) is 0 Å². The molecule has 0 aliphatic heterocycles. The summed E-state index contributed by atoms with van der Waals surface area (Å²) in [6, 6.07) is 9.31. The number of aliphatic hydroxyl groups excluding tert-OH is 1. The second kappa shape index (κ2) is 7.95. The van der Waals surface area contributed by atoms with E-state index in [2.05, 4.69) is 43.4 Å². The molecule has 1 aliphatic carbocycles. The summed E-state index contributed by atoms with van der Waals surface area (Å²) in [5.74, 6) is 0. The van der Waals surface area contributed by atoms with Crippen LogP contribution in [0.25, 0.3) is 0 Å². The molecule has 0 saturated heterocycles. The van der Waals surface area contributed by atoms with Crippen LogP contribution in [0.15, 0.2) is 24.3 Å². The first-order valence-electron chi connectivity index (χ1n) is 8.53. The quantitative estimate of drug-likeness (QED) is 0.799. The summed E-state index contributed by atoms with van der Waals surface area (Å²) in [4.78, 5) is 0. The Kier molecular flexibility index (Phi) is 6.25. The van der Waals surface area contributed by atoms with Gasteiger partial charge in [-0.05, 0) is 45.1 Å². The Morgan fingerprint density at radius 2 is 2.00 bits per heavy atom. The highest BCUT2D eigenvalue weighted by Gasteiger charge is 2.31. The normalized spacial score (nSPS) is 19.4. The maximum absolute atomic E-state index is 9.75. The highest BCUT2D eigenvalue weighted by Crippen LogP contribution is 2.35. The van der Waals surface area contributed by atoms with Gasteiger partial charge in [0.2, 0.25) is 0 Å². The summed E-state index contributed by atoms with van der Waals surface area (Å²) in [7, 11) is 0. The van der Waals surface area contributed by atoms with Crippen LogP contribution in [0.4, 0.5) is 0 Å². The van der Waals surface area contributed by atoms with Crippen molar-refractivity contribution in [2.24, 2.45) is 5.41 Å². The van der Waals surface area contributed by atoms with Crippen molar-refractivity contribution in [1.29, 1.82) is 0 Å². The largest absolute Gasteiger partial charge is 0.396 e. The molecule has 1 aliphatic rings. The van der Waals surface area contributed by atoms with Crippen molar-refractivity contribution >= 4 is 0 Å². The predicted octanol–water partition coefficient (Wildman–Crippen LogP) is 3.85. The molecule has 0 radical (unpaired) electrons. The molecule has 0 heterocycles. The van der Waals surface area contributed by atoms with Gasteiger partial charge in [-0.3, -0.25) is 0 Å². The van der Waals surface area contributed by atoms with E-state index >= 15 is 0 Å². The Morgan fingerprint density at radius 1 is 1.24 bits per heavy atom. The van der Waals surface area contributed by atoms with Gasteiger partial charge < -0.3 is 10.4 Å². The highest BCUT2D eigenvalue weighted by atomic mass is 16.3. The molecule has 1 fully saturated rings. The van der Waals surface area contributed by atoms with Crippen LogP contribution in [0.3, 0.4) is 0 Å². The van der Waals surface area contributed by atoms with Gasteiger partial charge in [0.05, 0.1) is 0 Å². The summed E-state index contributed by atoms with van der Waals surface area (Å²) in [5.41, 5.74) is 2.92. The summed E-state index contributed by atoms with van der Waals surface area (Å²) in [5, 5.41) is 13.4. The van der Waals surface area contributed by atoms with Gasteiger partial charge in [0, 0.05) is 24.6 Å². The number of rotatable bonds is 7. The SMILES string of the molecule is Cc1cccc(CCC(C)NCC2(CO)CCCCC2)c1. The van der Waals surface area contributed by atoms with E-state index in [0.29, 0.717) is 12.6 Å². The van der Waals surface area contributed by atoms with Gasteiger partial charge in [-0.25, -0.2) is 0 Å². The Balaban J connectivity index is 1.75. The zero-order valence-electron chi connectivity index (χ0n) is 13.7. The van der Waals surface area contributed by atoms with Crippen LogP contribution in [0.5, 0.6) is 0 Å². The number of aryl methyl sites for hydroxylation is 2. The van der Waals surface area contributed by atoms with Crippen molar-refractivity contribution in [3.63, 3.8) is 0 Å². The van der Waals surface area contributed by atoms with Crippen LogP contribution in [0.2, 0.25) is 0 Å². The van der Waals surface area contributed by atoms with Crippen LogP contribution in [0, 0.1) is 12.3 Å². The third kappa shape index (κ3) is 5.12. The van der Waals surface area contributed by atoms with E-state index in [9.17, 15) is 5.11 Å². The second-order valence-electron chi connectivity index (χ2n) is 7.03. The Morgan fingerprint density at radius 3 is 2.67 bits per heavy atom. The number of nitrogens with one attached hydrogen (secondary N) is 1. The standard InChI is InChI=1S/C19H31NO/c1-16-7-6-8-18(13-16)10-9-17(2)20-14-19(15-21)11-4-3-5-12-19/h6-8,13,17,20-21H,3-5,9-12,14-15H2,1-2H3. The van der Waals surface area contributed by atoms with Crippen LogP contribution in [0.1, 0.15) is 56.6 Å². The van der Waals surface area contributed by atoms with Crippen LogP contribution in [-0.2, 0) is 6.42 Å². The minimum atomic E-state index is 0.149. The number of benzene rings is 1. The lowest BCUT2D eigenvalue weighted by atomic mass is 9.74. The molecule has 21 heavy (non-hydrogen) atoms. The van der Waals surface area contributed by atoms with E-state index in [0.717, 1.165) is 19.4 Å². The van der Waals surface area contributed by atoms with Crippen LogP contribution >= 0.6 is 0 Å². The van der Waals surface area contributed by atoms with Crippen molar-refractivity contribution in [3.05, 3.63) is 35.4 Å². The lowest BCUT2D eigenvalue weighted by molar-refractivity contribution is 0.0786. The molecule has 2 N–H and O–H groups in total. The molecule has 2 nitrogen and oxygen atoms in total. The first kappa shape index (κ1) is 16.5. The fraction of sp³-hybridized carbons (Fsp3) is 0.684. The average Bonchev–Trinajstić information content (AvgIpc) is 2.52. The van der Waals surface area contributed by atoms with E-state index < -0.39 is 0 Å². The van der Waals surface area contributed by atoms with Crippen molar-refractivity contribution in [2.45, 2.75) is 64.8 Å². The third-order valence-corrected chi connectivity index (χ3v) is 5.02. The molecule has 0 bridgehead atoms. The molecule has 118 valence electrons. The minimum absolute atomic E-state index is 0.149. The minimum Gasteiger partial charge on any atom is -0.396 e. The third-order valence-electron chi connectivity index (χ3n) is 5.02. The summed E-state index contributed by atoms with van der Waals surface area (Å²) in [6.45, 7) is 5.73.